The molecule has 2 N–H and O–H groups in total. The molecular formula is C13H14N2O2. The molecule has 4 heteroatoms. The van der Waals surface area contributed by atoms with Crippen LogP contribution in [0.1, 0.15) is 18.9 Å². The largest absolute Gasteiger partial charge is 0.494 e. The van der Waals surface area contributed by atoms with Crippen molar-refractivity contribution in [1.29, 1.82) is 5.26 Å². The van der Waals surface area contributed by atoms with Crippen LogP contribution in [0.3, 0.4) is 0 Å². The summed E-state index contributed by atoms with van der Waals surface area (Å²) in [5, 5.41) is 8.72. The second-order valence-corrected chi connectivity index (χ2v) is 3.46. The van der Waals surface area contributed by atoms with Crippen LogP contribution in [0.2, 0.25) is 0 Å². The zero-order valence-corrected chi connectivity index (χ0v) is 9.64. The predicted octanol–water partition coefficient (Wildman–Crippen LogP) is 1.87. The van der Waals surface area contributed by atoms with Crippen LogP contribution in [0.4, 0.5) is 0 Å². The van der Waals surface area contributed by atoms with Gasteiger partial charge in [0.15, 0.2) is 0 Å². The molecule has 1 aromatic carbocycles. The van der Waals surface area contributed by atoms with E-state index in [1.54, 1.807) is 24.3 Å². The highest BCUT2D eigenvalue weighted by Gasteiger charge is 2.03. The molecule has 0 bridgehead atoms. The van der Waals surface area contributed by atoms with Gasteiger partial charge >= 0.3 is 0 Å². The molecule has 0 saturated heterocycles. The van der Waals surface area contributed by atoms with E-state index in [9.17, 15) is 4.79 Å². The number of primary amides is 1. The van der Waals surface area contributed by atoms with E-state index in [1.165, 1.54) is 6.08 Å². The van der Waals surface area contributed by atoms with Crippen molar-refractivity contribution >= 4 is 12.0 Å². The molecule has 0 fully saturated rings. The third kappa shape index (κ3) is 3.99. The highest BCUT2D eigenvalue weighted by molar-refractivity contribution is 6.00. The summed E-state index contributed by atoms with van der Waals surface area (Å²) in [6.45, 7) is 2.65. The number of carbonyl (C=O) groups is 1. The first-order valence-corrected chi connectivity index (χ1v) is 5.32. The van der Waals surface area contributed by atoms with Crippen molar-refractivity contribution in [3.63, 3.8) is 0 Å². The van der Waals surface area contributed by atoms with E-state index < -0.39 is 5.91 Å². The zero-order chi connectivity index (χ0) is 12.7. The average molecular weight is 230 g/mol. The highest BCUT2D eigenvalue weighted by Crippen LogP contribution is 2.16. The zero-order valence-electron chi connectivity index (χ0n) is 9.64. The maximum atomic E-state index is 10.9. The molecule has 0 heterocycles. The fourth-order valence-corrected chi connectivity index (χ4v) is 1.24. The number of hydrogen-bond acceptors (Lipinski definition) is 3. The third-order valence-electron chi connectivity index (χ3n) is 2.03. The molecule has 0 aromatic heterocycles. The molecule has 4 nitrogen and oxygen atoms in total. The Morgan fingerprint density at radius 3 is 2.94 bits per heavy atom. The summed E-state index contributed by atoms with van der Waals surface area (Å²) in [5.41, 5.74) is 5.70. The van der Waals surface area contributed by atoms with E-state index in [4.69, 9.17) is 15.7 Å². The Kier molecular flexibility index (Phi) is 4.77. The van der Waals surface area contributed by atoms with Crippen LogP contribution in [0, 0.1) is 11.3 Å². The van der Waals surface area contributed by atoms with E-state index in [1.807, 2.05) is 13.0 Å². The SMILES string of the molecule is CCCOc1cccc(/C=C(/C#N)C(N)=O)c1. The molecule has 17 heavy (non-hydrogen) atoms. The smallest absolute Gasteiger partial charge is 0.259 e. The normalized spacial score (nSPS) is 10.7. The molecule has 0 radical (unpaired) electrons. The molecular weight excluding hydrogens is 216 g/mol. The molecule has 1 amide bonds. The fraction of sp³-hybridized carbons (Fsp3) is 0.231. The van der Waals surface area contributed by atoms with E-state index in [-0.39, 0.29) is 5.57 Å². The monoisotopic (exact) mass is 230 g/mol. The van der Waals surface area contributed by atoms with Crippen molar-refractivity contribution in [2.24, 2.45) is 5.73 Å². The number of ether oxygens (including phenoxy) is 1. The first-order valence-electron chi connectivity index (χ1n) is 5.32. The summed E-state index contributed by atoms with van der Waals surface area (Å²) in [7, 11) is 0. The second-order valence-electron chi connectivity index (χ2n) is 3.46. The van der Waals surface area contributed by atoms with Crippen molar-refractivity contribution in [2.75, 3.05) is 6.61 Å². The second kappa shape index (κ2) is 6.33. The molecule has 0 aliphatic rings. The van der Waals surface area contributed by atoms with Gasteiger partial charge in [-0.1, -0.05) is 19.1 Å². The predicted molar refractivity (Wildman–Crippen MR) is 65.0 cm³/mol. The molecule has 0 saturated carbocycles. The van der Waals surface area contributed by atoms with Gasteiger partial charge in [0.25, 0.3) is 5.91 Å². The Bertz CT molecular complexity index is 473. The van der Waals surface area contributed by atoms with Crippen molar-refractivity contribution in [3.8, 4) is 11.8 Å². The number of nitriles is 1. The lowest BCUT2D eigenvalue weighted by Gasteiger charge is -2.04. The summed E-state index contributed by atoms with van der Waals surface area (Å²) in [6.07, 6.45) is 2.37. The first kappa shape index (κ1) is 12.8. The van der Waals surface area contributed by atoms with E-state index >= 15 is 0 Å². The van der Waals surface area contributed by atoms with Crippen LogP contribution in [0.5, 0.6) is 5.75 Å². The maximum absolute atomic E-state index is 10.9. The quantitative estimate of drug-likeness (QED) is 0.619. The Morgan fingerprint density at radius 1 is 1.59 bits per heavy atom. The van der Waals surface area contributed by atoms with Crippen LogP contribution < -0.4 is 10.5 Å². The lowest BCUT2D eigenvalue weighted by molar-refractivity contribution is -0.114. The van der Waals surface area contributed by atoms with Gasteiger partial charge in [0.05, 0.1) is 6.61 Å². The van der Waals surface area contributed by atoms with Crippen LogP contribution in [0.15, 0.2) is 29.8 Å². The van der Waals surface area contributed by atoms with Gasteiger partial charge in [0.2, 0.25) is 0 Å². The van der Waals surface area contributed by atoms with Gasteiger partial charge in [-0.15, -0.1) is 0 Å². The average Bonchev–Trinajstić information content (AvgIpc) is 2.33. The van der Waals surface area contributed by atoms with Crippen molar-refractivity contribution < 1.29 is 9.53 Å². The molecule has 0 unspecified atom stereocenters. The standard InChI is InChI=1S/C13H14N2O2/c1-2-6-17-12-5-3-4-10(8-12)7-11(9-14)13(15)16/h3-5,7-8H,2,6H2,1H3,(H2,15,16)/b11-7-. The summed E-state index contributed by atoms with van der Waals surface area (Å²) in [5.74, 6) is -0.0188. The van der Waals surface area contributed by atoms with Crippen LogP contribution >= 0.6 is 0 Å². The molecule has 0 aliphatic carbocycles. The molecule has 1 rings (SSSR count). The molecule has 88 valence electrons. The van der Waals surface area contributed by atoms with Crippen molar-refractivity contribution in [2.45, 2.75) is 13.3 Å². The number of nitrogens with two attached hydrogens (primary N) is 1. The summed E-state index contributed by atoms with van der Waals surface area (Å²) >= 11 is 0. The number of benzene rings is 1. The van der Waals surface area contributed by atoms with Crippen LogP contribution in [0.25, 0.3) is 6.08 Å². The minimum Gasteiger partial charge on any atom is -0.494 e. The van der Waals surface area contributed by atoms with Gasteiger partial charge in [-0.05, 0) is 30.2 Å². The Morgan fingerprint density at radius 2 is 2.35 bits per heavy atom. The molecule has 0 aliphatic heterocycles. The number of rotatable bonds is 5. The fourth-order valence-electron chi connectivity index (χ4n) is 1.24. The van der Waals surface area contributed by atoms with E-state index in [2.05, 4.69) is 0 Å². The van der Waals surface area contributed by atoms with Crippen molar-refractivity contribution in [3.05, 3.63) is 35.4 Å². The Hall–Kier alpha value is -2.28. The highest BCUT2D eigenvalue weighted by atomic mass is 16.5. The summed E-state index contributed by atoms with van der Waals surface area (Å²) in [6, 6.07) is 8.92. The van der Waals surface area contributed by atoms with Crippen LogP contribution in [-0.2, 0) is 4.79 Å². The molecule has 0 spiro atoms. The van der Waals surface area contributed by atoms with Gasteiger partial charge in [0.1, 0.15) is 17.4 Å². The first-order chi connectivity index (χ1) is 8.17. The topological polar surface area (TPSA) is 76.1 Å². The third-order valence-corrected chi connectivity index (χ3v) is 2.03. The molecule has 0 atom stereocenters. The van der Waals surface area contributed by atoms with Gasteiger partial charge in [-0.2, -0.15) is 5.26 Å². The number of carbonyl (C=O) groups excluding carboxylic acids is 1. The number of nitrogens with zero attached hydrogens (tertiary/aromatic N) is 1. The van der Waals surface area contributed by atoms with Gasteiger partial charge < -0.3 is 10.5 Å². The van der Waals surface area contributed by atoms with E-state index in [0.29, 0.717) is 17.9 Å². The Labute approximate surface area is 100 Å². The van der Waals surface area contributed by atoms with E-state index in [0.717, 1.165) is 6.42 Å². The van der Waals surface area contributed by atoms with Crippen LogP contribution in [-0.4, -0.2) is 12.5 Å². The lowest BCUT2D eigenvalue weighted by atomic mass is 10.1. The van der Waals surface area contributed by atoms with Gasteiger partial charge in [0, 0.05) is 0 Å². The summed E-state index contributed by atoms with van der Waals surface area (Å²) in [4.78, 5) is 10.9. The van der Waals surface area contributed by atoms with Gasteiger partial charge in [-0.3, -0.25) is 4.79 Å². The summed E-state index contributed by atoms with van der Waals surface area (Å²) < 4.78 is 5.44. The lowest BCUT2D eigenvalue weighted by Crippen LogP contribution is -2.12. The Balaban J connectivity index is 2.92. The van der Waals surface area contributed by atoms with Crippen molar-refractivity contribution in [1.82, 2.24) is 0 Å². The maximum Gasteiger partial charge on any atom is 0.259 e. The minimum atomic E-state index is -0.729. The molecule has 1 aromatic rings. The minimum absolute atomic E-state index is 0.0716. The number of amides is 1. The number of hydrogen-bond donors (Lipinski definition) is 1. The van der Waals surface area contributed by atoms with Gasteiger partial charge in [-0.25, -0.2) is 0 Å².